The summed E-state index contributed by atoms with van der Waals surface area (Å²) in [5.74, 6) is -0.312. The van der Waals surface area contributed by atoms with E-state index in [-0.39, 0.29) is 12.4 Å². The number of rotatable bonds is 4. The maximum absolute atomic E-state index is 13.3. The lowest BCUT2D eigenvalue weighted by Crippen LogP contribution is -2.12. The summed E-state index contributed by atoms with van der Waals surface area (Å²) in [4.78, 5) is 0. The molecule has 0 radical (unpaired) electrons. The Morgan fingerprint density at radius 1 is 1.00 bits per heavy atom. The van der Waals surface area contributed by atoms with Crippen LogP contribution in [0.2, 0.25) is 0 Å². The fourth-order valence-corrected chi connectivity index (χ4v) is 1.60. The molecule has 0 spiro atoms. The summed E-state index contributed by atoms with van der Waals surface area (Å²) in [6, 6.07) is 15.7. The van der Waals surface area contributed by atoms with Gasteiger partial charge in [-0.3, -0.25) is 0 Å². The van der Waals surface area contributed by atoms with Gasteiger partial charge in [0.05, 0.1) is 11.8 Å². The molecule has 0 heterocycles. The van der Waals surface area contributed by atoms with Crippen molar-refractivity contribution >= 4 is 5.69 Å². The zero-order valence-corrected chi connectivity index (χ0v) is 9.31. The lowest BCUT2D eigenvalue weighted by Gasteiger charge is -2.13. The lowest BCUT2D eigenvalue weighted by molar-refractivity contribution is 0.191. The van der Waals surface area contributed by atoms with Crippen LogP contribution in [0.1, 0.15) is 11.7 Å². The Kier molecular flexibility index (Phi) is 3.73. The maximum atomic E-state index is 13.3. The lowest BCUT2D eigenvalue weighted by atomic mass is 10.1. The van der Waals surface area contributed by atoms with Crippen LogP contribution >= 0.6 is 0 Å². The highest BCUT2D eigenvalue weighted by Crippen LogP contribution is 2.16. The molecule has 2 N–H and O–H groups in total. The minimum absolute atomic E-state index is 0.283. The van der Waals surface area contributed by atoms with Crippen LogP contribution in [0, 0.1) is 5.82 Å². The summed E-state index contributed by atoms with van der Waals surface area (Å²) in [6.45, 7) is 0.283. The van der Waals surface area contributed by atoms with Crippen molar-refractivity contribution in [2.45, 2.75) is 6.10 Å². The Bertz CT molecular complexity index is 473. The van der Waals surface area contributed by atoms with Gasteiger partial charge >= 0.3 is 0 Å². The van der Waals surface area contributed by atoms with E-state index in [1.54, 1.807) is 18.2 Å². The first-order chi connectivity index (χ1) is 8.27. The Balaban J connectivity index is 1.97. The molecule has 2 rings (SSSR count). The van der Waals surface area contributed by atoms with Gasteiger partial charge in [0.2, 0.25) is 0 Å². The van der Waals surface area contributed by atoms with E-state index < -0.39 is 6.10 Å². The molecule has 0 saturated carbocycles. The van der Waals surface area contributed by atoms with Gasteiger partial charge in [-0.15, -0.1) is 0 Å². The van der Waals surface area contributed by atoms with Crippen molar-refractivity contribution in [2.24, 2.45) is 0 Å². The fraction of sp³-hybridized carbons (Fsp3) is 0.143. The summed E-state index contributed by atoms with van der Waals surface area (Å²) in [5.41, 5.74) is 1.22. The fourth-order valence-electron chi connectivity index (χ4n) is 1.60. The molecule has 2 aromatic rings. The van der Waals surface area contributed by atoms with E-state index in [4.69, 9.17) is 0 Å². The number of benzene rings is 2. The third-order valence-corrected chi connectivity index (χ3v) is 2.54. The molecule has 0 aliphatic rings. The number of anilines is 1. The van der Waals surface area contributed by atoms with Crippen LogP contribution in [0.4, 0.5) is 10.1 Å². The van der Waals surface area contributed by atoms with Crippen molar-refractivity contribution in [2.75, 3.05) is 11.9 Å². The Morgan fingerprint density at radius 3 is 2.35 bits per heavy atom. The number of para-hydroxylation sites is 1. The van der Waals surface area contributed by atoms with Crippen molar-refractivity contribution < 1.29 is 9.50 Å². The zero-order valence-electron chi connectivity index (χ0n) is 9.31. The normalized spacial score (nSPS) is 12.1. The van der Waals surface area contributed by atoms with Crippen LogP contribution in [0.25, 0.3) is 0 Å². The van der Waals surface area contributed by atoms with Crippen LogP contribution in [0.15, 0.2) is 54.6 Å². The highest BCUT2D eigenvalue weighted by Gasteiger charge is 2.07. The Hall–Kier alpha value is -1.87. The smallest absolute Gasteiger partial charge is 0.146 e. The van der Waals surface area contributed by atoms with Gasteiger partial charge in [0.1, 0.15) is 5.82 Å². The molecule has 3 heteroatoms. The number of aliphatic hydroxyl groups excluding tert-OH is 1. The molecule has 0 amide bonds. The first-order valence-corrected chi connectivity index (χ1v) is 5.49. The van der Waals surface area contributed by atoms with Crippen LogP contribution < -0.4 is 5.32 Å². The standard InChI is InChI=1S/C14H14FNO/c15-12-8-4-5-9-13(12)16-10-14(17)11-6-2-1-3-7-11/h1-9,14,16-17H,10H2/t14-/m0/s1. The van der Waals surface area contributed by atoms with Gasteiger partial charge < -0.3 is 10.4 Å². The average molecular weight is 231 g/mol. The summed E-state index contributed by atoms with van der Waals surface area (Å²) in [6.07, 6.45) is -0.643. The number of hydrogen-bond donors (Lipinski definition) is 2. The van der Waals surface area contributed by atoms with Crippen LogP contribution in [0.3, 0.4) is 0 Å². The summed E-state index contributed by atoms with van der Waals surface area (Å²) >= 11 is 0. The topological polar surface area (TPSA) is 32.3 Å². The van der Waals surface area contributed by atoms with E-state index in [9.17, 15) is 9.50 Å². The minimum Gasteiger partial charge on any atom is -0.387 e. The number of nitrogens with one attached hydrogen (secondary N) is 1. The van der Waals surface area contributed by atoms with E-state index >= 15 is 0 Å². The van der Waals surface area contributed by atoms with Gasteiger partial charge in [-0.05, 0) is 17.7 Å². The molecule has 0 aliphatic carbocycles. The largest absolute Gasteiger partial charge is 0.387 e. The van der Waals surface area contributed by atoms with Gasteiger partial charge in [0.25, 0.3) is 0 Å². The van der Waals surface area contributed by atoms with E-state index in [2.05, 4.69) is 5.32 Å². The summed E-state index contributed by atoms with van der Waals surface area (Å²) in [5, 5.41) is 12.8. The van der Waals surface area contributed by atoms with Crippen molar-refractivity contribution in [1.29, 1.82) is 0 Å². The van der Waals surface area contributed by atoms with E-state index in [1.165, 1.54) is 6.07 Å². The molecule has 0 bridgehead atoms. The SMILES string of the molecule is O[C@@H](CNc1ccccc1F)c1ccccc1. The predicted octanol–water partition coefficient (Wildman–Crippen LogP) is 2.97. The molecule has 1 atom stereocenters. The Morgan fingerprint density at radius 2 is 1.65 bits per heavy atom. The van der Waals surface area contributed by atoms with E-state index in [0.29, 0.717) is 5.69 Å². The molecule has 17 heavy (non-hydrogen) atoms. The maximum Gasteiger partial charge on any atom is 0.146 e. The van der Waals surface area contributed by atoms with Gasteiger partial charge in [-0.2, -0.15) is 0 Å². The molecule has 0 aromatic heterocycles. The van der Waals surface area contributed by atoms with Crippen LogP contribution in [0.5, 0.6) is 0 Å². The third-order valence-electron chi connectivity index (χ3n) is 2.54. The monoisotopic (exact) mass is 231 g/mol. The molecular weight excluding hydrogens is 217 g/mol. The van der Waals surface area contributed by atoms with Crippen molar-refractivity contribution in [3.05, 3.63) is 66.0 Å². The summed E-state index contributed by atoms with van der Waals surface area (Å²) < 4.78 is 13.3. The number of aliphatic hydroxyl groups is 1. The van der Waals surface area contributed by atoms with Gasteiger partial charge in [-0.25, -0.2) is 4.39 Å². The quantitative estimate of drug-likeness (QED) is 0.847. The number of halogens is 1. The number of hydrogen-bond acceptors (Lipinski definition) is 2. The van der Waals surface area contributed by atoms with E-state index in [0.717, 1.165) is 5.56 Å². The molecule has 0 fully saturated rings. The second-order valence-corrected chi connectivity index (χ2v) is 3.79. The molecular formula is C14H14FNO. The average Bonchev–Trinajstić information content (AvgIpc) is 2.38. The molecule has 2 aromatic carbocycles. The van der Waals surface area contributed by atoms with E-state index in [1.807, 2.05) is 30.3 Å². The van der Waals surface area contributed by atoms with Crippen LogP contribution in [-0.4, -0.2) is 11.7 Å². The van der Waals surface area contributed by atoms with Crippen molar-refractivity contribution in [3.63, 3.8) is 0 Å². The first kappa shape index (κ1) is 11.6. The zero-order chi connectivity index (χ0) is 12.1. The highest BCUT2D eigenvalue weighted by molar-refractivity contribution is 5.44. The highest BCUT2D eigenvalue weighted by atomic mass is 19.1. The Labute approximate surface area is 99.7 Å². The minimum atomic E-state index is -0.643. The summed E-state index contributed by atoms with van der Waals surface area (Å²) in [7, 11) is 0. The second kappa shape index (κ2) is 5.46. The predicted molar refractivity (Wildman–Crippen MR) is 66.3 cm³/mol. The van der Waals surface area contributed by atoms with Crippen molar-refractivity contribution in [1.82, 2.24) is 0 Å². The second-order valence-electron chi connectivity index (χ2n) is 3.79. The van der Waals surface area contributed by atoms with Gasteiger partial charge in [0.15, 0.2) is 0 Å². The molecule has 0 aliphatic heterocycles. The third kappa shape index (κ3) is 3.04. The van der Waals surface area contributed by atoms with Gasteiger partial charge in [-0.1, -0.05) is 42.5 Å². The van der Waals surface area contributed by atoms with Crippen LogP contribution in [-0.2, 0) is 0 Å². The molecule has 88 valence electrons. The molecule has 0 unspecified atom stereocenters. The first-order valence-electron chi connectivity index (χ1n) is 5.49. The molecule has 0 saturated heterocycles. The molecule has 2 nitrogen and oxygen atoms in total. The van der Waals surface area contributed by atoms with Crippen molar-refractivity contribution in [3.8, 4) is 0 Å². The van der Waals surface area contributed by atoms with Gasteiger partial charge in [0, 0.05) is 6.54 Å².